The summed E-state index contributed by atoms with van der Waals surface area (Å²) in [6, 6.07) is 2.57. The van der Waals surface area contributed by atoms with E-state index in [9.17, 15) is 22.0 Å². The molecule has 2 rings (SSSR count). The van der Waals surface area contributed by atoms with Gasteiger partial charge in [-0.1, -0.05) is 17.7 Å². The van der Waals surface area contributed by atoms with Gasteiger partial charge in [-0.05, 0) is 32.1 Å². The van der Waals surface area contributed by atoms with Gasteiger partial charge in [-0.15, -0.1) is 0 Å². The molecular formula is C14H14ClF2NO5S. The molecule has 0 bridgehead atoms. The first kappa shape index (κ1) is 18.6. The van der Waals surface area contributed by atoms with Crippen molar-refractivity contribution in [2.45, 2.75) is 23.7 Å². The van der Waals surface area contributed by atoms with Gasteiger partial charge in [0.2, 0.25) is 9.84 Å². The minimum absolute atomic E-state index is 0.601. The summed E-state index contributed by atoms with van der Waals surface area (Å²) in [5.74, 6) is -4.17. The van der Waals surface area contributed by atoms with Crippen molar-refractivity contribution in [2.24, 2.45) is 0 Å². The van der Waals surface area contributed by atoms with Gasteiger partial charge >= 0.3 is 5.97 Å². The number of halogens is 3. The van der Waals surface area contributed by atoms with Gasteiger partial charge in [0, 0.05) is 0 Å². The molecule has 0 amide bonds. The summed E-state index contributed by atoms with van der Waals surface area (Å²) in [6.45, 7) is 3.06. The Balaban J connectivity index is 2.77. The molecule has 132 valence electrons. The lowest BCUT2D eigenvalue weighted by Gasteiger charge is -2.25. The highest BCUT2D eigenvalue weighted by Crippen LogP contribution is 2.43. The van der Waals surface area contributed by atoms with Crippen molar-refractivity contribution in [3.8, 4) is 0 Å². The third-order valence-corrected chi connectivity index (χ3v) is 6.13. The molecule has 0 spiro atoms. The van der Waals surface area contributed by atoms with Crippen LogP contribution in [0.2, 0.25) is 0 Å². The largest absolute Gasteiger partial charge is 0.467 e. The quantitative estimate of drug-likeness (QED) is 0.635. The standard InChI is InChI=1S/C14H14ClF2NO5S/c1-13(2)7-10(18-23-13)24(20,21)14(15,12(19)22-3)11-8(16)5-4-6-9(11)17/h4-7,18H,1-3H3. The van der Waals surface area contributed by atoms with Gasteiger partial charge in [0.1, 0.15) is 17.2 Å². The van der Waals surface area contributed by atoms with Crippen LogP contribution in [-0.2, 0) is 28.4 Å². The SMILES string of the molecule is COC(=O)C(Cl)(c1c(F)cccc1F)S(=O)(=O)C1=CC(C)(C)ON1. The van der Waals surface area contributed by atoms with Crippen molar-refractivity contribution < 1.29 is 31.6 Å². The predicted molar refractivity (Wildman–Crippen MR) is 81.2 cm³/mol. The Morgan fingerprint density at radius 3 is 2.29 bits per heavy atom. The van der Waals surface area contributed by atoms with Crippen molar-refractivity contribution in [2.75, 3.05) is 7.11 Å². The van der Waals surface area contributed by atoms with Crippen LogP contribution in [0.3, 0.4) is 0 Å². The van der Waals surface area contributed by atoms with Crippen LogP contribution in [0.5, 0.6) is 0 Å². The van der Waals surface area contributed by atoms with Crippen molar-refractivity contribution in [1.29, 1.82) is 0 Å². The summed E-state index contributed by atoms with van der Waals surface area (Å²) in [7, 11) is -3.99. The number of carbonyl (C=O) groups is 1. The number of sulfone groups is 1. The Kier molecular flexibility index (Phi) is 4.64. The van der Waals surface area contributed by atoms with Crippen LogP contribution in [0.1, 0.15) is 19.4 Å². The number of hydroxylamine groups is 1. The lowest BCUT2D eigenvalue weighted by Crippen LogP contribution is -2.43. The topological polar surface area (TPSA) is 81.7 Å². The van der Waals surface area contributed by atoms with E-state index in [4.69, 9.17) is 16.4 Å². The number of carbonyl (C=O) groups excluding carboxylic acids is 1. The van der Waals surface area contributed by atoms with E-state index in [2.05, 4.69) is 10.2 Å². The number of ether oxygens (including phenoxy) is 1. The first-order valence-electron chi connectivity index (χ1n) is 6.60. The van der Waals surface area contributed by atoms with Gasteiger partial charge in [-0.25, -0.2) is 22.0 Å². The molecular weight excluding hydrogens is 368 g/mol. The fraction of sp³-hybridized carbons (Fsp3) is 0.357. The van der Waals surface area contributed by atoms with Crippen molar-refractivity contribution in [3.05, 3.63) is 46.5 Å². The molecule has 1 unspecified atom stereocenters. The normalized spacial score (nSPS) is 19.2. The summed E-state index contributed by atoms with van der Waals surface area (Å²) in [4.78, 5) is 17.2. The fourth-order valence-electron chi connectivity index (χ4n) is 2.12. The van der Waals surface area contributed by atoms with Crippen LogP contribution in [0.15, 0.2) is 29.3 Å². The number of rotatable bonds is 4. The zero-order valence-corrected chi connectivity index (χ0v) is 14.5. The molecule has 0 aromatic heterocycles. The molecule has 1 atom stereocenters. The highest BCUT2D eigenvalue weighted by Gasteiger charge is 2.58. The third-order valence-electron chi connectivity index (χ3n) is 3.29. The lowest BCUT2D eigenvalue weighted by molar-refractivity contribution is -0.141. The second-order valence-corrected chi connectivity index (χ2v) is 8.35. The van der Waals surface area contributed by atoms with Crippen molar-refractivity contribution in [3.63, 3.8) is 0 Å². The van der Waals surface area contributed by atoms with Crippen LogP contribution in [-0.4, -0.2) is 27.1 Å². The van der Waals surface area contributed by atoms with E-state index >= 15 is 0 Å². The van der Waals surface area contributed by atoms with E-state index < -0.39 is 47.8 Å². The number of esters is 1. The fourth-order valence-corrected chi connectivity index (χ4v) is 4.29. The molecule has 0 saturated heterocycles. The van der Waals surface area contributed by atoms with Gasteiger partial charge in [-0.3, -0.25) is 10.3 Å². The number of alkyl halides is 1. The summed E-state index contributed by atoms with van der Waals surface area (Å²) in [6.07, 6.45) is 1.13. The van der Waals surface area contributed by atoms with Gasteiger partial charge in [0.25, 0.3) is 4.21 Å². The molecule has 1 aliphatic rings. The maximum atomic E-state index is 14.1. The summed E-state index contributed by atoms with van der Waals surface area (Å²) < 4.78 is 55.3. The van der Waals surface area contributed by atoms with E-state index in [0.29, 0.717) is 0 Å². The number of benzene rings is 1. The average molecular weight is 382 g/mol. The molecule has 1 N–H and O–H groups in total. The van der Waals surface area contributed by atoms with Crippen LogP contribution < -0.4 is 5.48 Å². The lowest BCUT2D eigenvalue weighted by atomic mass is 10.1. The molecule has 0 fully saturated rings. The first-order chi connectivity index (χ1) is 11.0. The molecule has 0 aliphatic carbocycles. The van der Waals surface area contributed by atoms with Crippen LogP contribution in [0.25, 0.3) is 0 Å². The second-order valence-electron chi connectivity index (χ2n) is 5.50. The summed E-state index contributed by atoms with van der Waals surface area (Å²) in [5.41, 5.74) is -0.0684. The molecule has 0 radical (unpaired) electrons. The smallest absolute Gasteiger partial charge is 0.348 e. The monoisotopic (exact) mass is 381 g/mol. The molecule has 1 aliphatic heterocycles. The van der Waals surface area contributed by atoms with E-state index in [1.807, 2.05) is 0 Å². The van der Waals surface area contributed by atoms with Crippen LogP contribution >= 0.6 is 11.6 Å². The number of methoxy groups -OCH3 is 1. The average Bonchev–Trinajstić information content (AvgIpc) is 2.86. The van der Waals surface area contributed by atoms with Gasteiger partial charge in [0.15, 0.2) is 5.03 Å². The Morgan fingerprint density at radius 1 is 1.33 bits per heavy atom. The Labute approximate surface area is 142 Å². The Hall–Kier alpha value is -1.71. The molecule has 10 heteroatoms. The van der Waals surface area contributed by atoms with E-state index in [0.717, 1.165) is 31.4 Å². The Morgan fingerprint density at radius 2 is 1.88 bits per heavy atom. The Bertz CT molecular complexity index is 804. The number of nitrogens with one attached hydrogen (secondary N) is 1. The molecule has 0 saturated carbocycles. The minimum Gasteiger partial charge on any atom is -0.467 e. The molecule has 1 aromatic rings. The van der Waals surface area contributed by atoms with Crippen LogP contribution in [0.4, 0.5) is 8.78 Å². The first-order valence-corrected chi connectivity index (χ1v) is 8.47. The highest BCUT2D eigenvalue weighted by atomic mass is 35.5. The predicted octanol–water partition coefficient (Wildman–Crippen LogP) is 2.10. The molecule has 6 nitrogen and oxygen atoms in total. The molecule has 24 heavy (non-hydrogen) atoms. The zero-order chi connectivity index (χ0) is 18.3. The zero-order valence-electron chi connectivity index (χ0n) is 12.9. The number of hydrogen-bond donors (Lipinski definition) is 1. The maximum absolute atomic E-state index is 14.1. The van der Waals surface area contributed by atoms with Gasteiger partial charge in [0.05, 0.1) is 12.7 Å². The summed E-state index contributed by atoms with van der Waals surface area (Å²) in [5, 5.41) is -0.601. The second kappa shape index (κ2) is 5.98. The number of hydrogen-bond acceptors (Lipinski definition) is 6. The van der Waals surface area contributed by atoms with Crippen LogP contribution in [0, 0.1) is 11.6 Å². The van der Waals surface area contributed by atoms with E-state index in [1.54, 1.807) is 0 Å². The van der Waals surface area contributed by atoms with E-state index in [-0.39, 0.29) is 0 Å². The minimum atomic E-state index is -4.84. The van der Waals surface area contributed by atoms with Crippen molar-refractivity contribution in [1.82, 2.24) is 5.48 Å². The maximum Gasteiger partial charge on any atom is 0.348 e. The molecule has 1 aromatic carbocycles. The van der Waals surface area contributed by atoms with Gasteiger partial charge in [-0.2, -0.15) is 0 Å². The van der Waals surface area contributed by atoms with Gasteiger partial charge < -0.3 is 4.74 Å². The molecule has 1 heterocycles. The summed E-state index contributed by atoms with van der Waals surface area (Å²) >= 11 is 6.01. The highest BCUT2D eigenvalue weighted by molar-refractivity contribution is 7.98. The van der Waals surface area contributed by atoms with E-state index in [1.165, 1.54) is 13.8 Å². The third kappa shape index (κ3) is 2.76. The van der Waals surface area contributed by atoms with Crippen molar-refractivity contribution >= 4 is 27.4 Å².